The lowest BCUT2D eigenvalue weighted by Gasteiger charge is -2.27. The summed E-state index contributed by atoms with van der Waals surface area (Å²) in [5, 5.41) is 3.09. The Bertz CT molecular complexity index is 1280. The molecule has 4 rings (SSSR count). The first-order valence-corrected chi connectivity index (χ1v) is 15.4. The summed E-state index contributed by atoms with van der Waals surface area (Å²) in [5.74, 6) is 0.203. The highest BCUT2D eigenvalue weighted by Gasteiger charge is 2.43. The quantitative estimate of drug-likeness (QED) is 0.205. The number of nitrogens with zero attached hydrogens (tertiary/aromatic N) is 2. The number of para-hydroxylation sites is 2. The van der Waals surface area contributed by atoms with Crippen LogP contribution in [0.3, 0.4) is 0 Å². The van der Waals surface area contributed by atoms with Gasteiger partial charge in [-0.3, -0.25) is 4.79 Å². The van der Waals surface area contributed by atoms with Crippen LogP contribution in [0.15, 0.2) is 72.5 Å². The third-order valence-corrected chi connectivity index (χ3v) is 8.89. The summed E-state index contributed by atoms with van der Waals surface area (Å²) in [7, 11) is 2.18. The molecular formula is C36H50N3O+. The van der Waals surface area contributed by atoms with Crippen LogP contribution < -0.4 is 10.2 Å². The van der Waals surface area contributed by atoms with Gasteiger partial charge >= 0.3 is 0 Å². The van der Waals surface area contributed by atoms with E-state index in [1.54, 1.807) is 0 Å². The summed E-state index contributed by atoms with van der Waals surface area (Å²) in [4.78, 5) is 14.7. The molecule has 4 heteroatoms. The SMILES string of the molecule is CCCCCCNC(=O)CCCCCN1/C(=C/C=C/C2=[N+](C)c3ccccc3C2(C)C)C(C)(C)c2ccccc21. The van der Waals surface area contributed by atoms with Gasteiger partial charge in [-0.1, -0.05) is 88.9 Å². The van der Waals surface area contributed by atoms with Crippen molar-refractivity contribution in [2.75, 3.05) is 25.0 Å². The molecule has 0 unspecified atom stereocenters. The highest BCUT2D eigenvalue weighted by atomic mass is 16.1. The number of carbonyl (C=O) groups excluding carboxylic acids is 1. The Hall–Kier alpha value is -3.14. The molecule has 2 aromatic carbocycles. The second-order valence-electron chi connectivity index (χ2n) is 12.5. The van der Waals surface area contributed by atoms with E-state index in [1.807, 2.05) is 0 Å². The van der Waals surface area contributed by atoms with Gasteiger partial charge in [0.1, 0.15) is 7.05 Å². The van der Waals surface area contributed by atoms with Gasteiger partial charge in [0, 0.05) is 54.0 Å². The van der Waals surface area contributed by atoms with E-state index >= 15 is 0 Å². The zero-order valence-corrected chi connectivity index (χ0v) is 25.7. The monoisotopic (exact) mass is 540 g/mol. The van der Waals surface area contributed by atoms with E-state index in [0.717, 1.165) is 38.8 Å². The lowest BCUT2D eigenvalue weighted by Crippen LogP contribution is -2.28. The number of amides is 1. The van der Waals surface area contributed by atoms with E-state index in [1.165, 1.54) is 53.2 Å². The van der Waals surface area contributed by atoms with Crippen LogP contribution in [0.1, 0.15) is 97.1 Å². The number of nitrogens with one attached hydrogen (secondary N) is 1. The summed E-state index contributed by atoms with van der Waals surface area (Å²) in [5.41, 5.74) is 7.93. The normalized spacial score (nSPS) is 18.1. The van der Waals surface area contributed by atoms with Crippen LogP contribution in [-0.2, 0) is 15.6 Å². The Morgan fingerprint density at radius 2 is 1.57 bits per heavy atom. The molecule has 4 nitrogen and oxygen atoms in total. The lowest BCUT2D eigenvalue weighted by atomic mass is 9.81. The number of fused-ring (bicyclic) bond motifs is 2. The first-order chi connectivity index (χ1) is 19.2. The average molecular weight is 541 g/mol. The van der Waals surface area contributed by atoms with E-state index < -0.39 is 0 Å². The second-order valence-corrected chi connectivity index (χ2v) is 12.5. The van der Waals surface area contributed by atoms with Gasteiger partial charge in [0.05, 0.1) is 5.41 Å². The molecular weight excluding hydrogens is 490 g/mol. The molecule has 2 heterocycles. The Labute approximate surface area is 242 Å². The van der Waals surface area contributed by atoms with E-state index in [-0.39, 0.29) is 16.7 Å². The highest BCUT2D eigenvalue weighted by Crippen LogP contribution is 2.47. The zero-order chi connectivity index (χ0) is 28.8. The number of anilines is 1. The fraction of sp³-hybridized carbons (Fsp3) is 0.500. The largest absolute Gasteiger partial charge is 0.356 e. The summed E-state index contributed by atoms with van der Waals surface area (Å²) < 4.78 is 2.33. The second kappa shape index (κ2) is 13.0. The van der Waals surface area contributed by atoms with Gasteiger partial charge in [-0.2, -0.15) is 4.58 Å². The number of hydrogen-bond donors (Lipinski definition) is 1. The highest BCUT2D eigenvalue weighted by molar-refractivity contribution is 6.03. The van der Waals surface area contributed by atoms with Crippen molar-refractivity contribution in [3.05, 3.63) is 83.6 Å². The van der Waals surface area contributed by atoms with Gasteiger partial charge < -0.3 is 10.2 Å². The molecule has 1 amide bonds. The number of carbonyl (C=O) groups is 1. The summed E-state index contributed by atoms with van der Waals surface area (Å²) in [6.07, 6.45) is 15.3. The Morgan fingerprint density at radius 1 is 0.875 bits per heavy atom. The van der Waals surface area contributed by atoms with E-state index in [2.05, 4.69) is 123 Å². The minimum Gasteiger partial charge on any atom is -0.356 e. The maximum absolute atomic E-state index is 12.2. The molecule has 0 bridgehead atoms. The molecule has 0 aliphatic carbocycles. The maximum atomic E-state index is 12.2. The Balaban J connectivity index is 1.41. The van der Waals surface area contributed by atoms with Crippen LogP contribution in [0, 0.1) is 0 Å². The predicted molar refractivity (Wildman–Crippen MR) is 170 cm³/mol. The first kappa shape index (κ1) is 29.8. The van der Waals surface area contributed by atoms with Crippen molar-refractivity contribution < 1.29 is 9.37 Å². The molecule has 0 saturated carbocycles. The topological polar surface area (TPSA) is 35.4 Å². The zero-order valence-electron chi connectivity index (χ0n) is 25.7. The summed E-state index contributed by atoms with van der Waals surface area (Å²) in [6.45, 7) is 13.3. The van der Waals surface area contributed by atoms with Crippen molar-refractivity contribution in [2.45, 2.75) is 96.8 Å². The number of rotatable bonds is 13. The fourth-order valence-corrected chi connectivity index (χ4v) is 6.51. The fourth-order valence-electron chi connectivity index (χ4n) is 6.51. The Morgan fingerprint density at radius 3 is 2.33 bits per heavy atom. The molecule has 0 fully saturated rings. The molecule has 0 radical (unpaired) electrons. The van der Waals surface area contributed by atoms with Crippen LogP contribution in [0.4, 0.5) is 11.4 Å². The standard InChI is InChI=1S/C36H49N3O/c1-7-8-9-16-26-37-34(40)25-11-10-17-27-39-31-22-15-13-20-29(31)36(4,5)33(39)24-18-23-32-35(2,3)28-19-12-14-21-30(28)38(32)6/h12-15,18-24H,7-11,16-17,25-27H2,1-6H3/p+1. The summed E-state index contributed by atoms with van der Waals surface area (Å²) in [6, 6.07) is 17.6. The molecule has 214 valence electrons. The minimum absolute atomic E-state index is 0.0318. The van der Waals surface area contributed by atoms with Crippen molar-refractivity contribution >= 4 is 23.0 Å². The number of benzene rings is 2. The van der Waals surface area contributed by atoms with Gasteiger partial charge in [0.25, 0.3) is 0 Å². The van der Waals surface area contributed by atoms with E-state index in [4.69, 9.17) is 0 Å². The molecule has 0 aromatic heterocycles. The predicted octanol–water partition coefficient (Wildman–Crippen LogP) is 8.19. The van der Waals surface area contributed by atoms with Gasteiger partial charge in [0.2, 0.25) is 11.6 Å². The van der Waals surface area contributed by atoms with E-state index in [0.29, 0.717) is 6.42 Å². The number of allylic oxidation sites excluding steroid dienone is 4. The van der Waals surface area contributed by atoms with Gasteiger partial charge in [-0.25, -0.2) is 0 Å². The van der Waals surface area contributed by atoms with E-state index in [9.17, 15) is 4.79 Å². The molecule has 2 aromatic rings. The number of unbranched alkanes of at least 4 members (excludes halogenated alkanes) is 5. The molecule has 40 heavy (non-hydrogen) atoms. The molecule has 1 N–H and O–H groups in total. The van der Waals surface area contributed by atoms with Crippen molar-refractivity contribution in [1.29, 1.82) is 0 Å². The van der Waals surface area contributed by atoms with Gasteiger partial charge in [-0.15, -0.1) is 0 Å². The van der Waals surface area contributed by atoms with Crippen LogP contribution in [0.5, 0.6) is 0 Å². The first-order valence-electron chi connectivity index (χ1n) is 15.4. The number of hydrogen-bond acceptors (Lipinski definition) is 2. The van der Waals surface area contributed by atoms with Crippen LogP contribution >= 0.6 is 0 Å². The van der Waals surface area contributed by atoms with Crippen LogP contribution in [0.25, 0.3) is 0 Å². The van der Waals surface area contributed by atoms with Gasteiger partial charge in [-0.05, 0) is 50.8 Å². The van der Waals surface area contributed by atoms with Crippen molar-refractivity contribution in [3.63, 3.8) is 0 Å². The molecule has 2 aliphatic rings. The molecule has 0 saturated heterocycles. The van der Waals surface area contributed by atoms with Crippen LogP contribution in [-0.4, -0.2) is 36.3 Å². The molecule has 2 aliphatic heterocycles. The van der Waals surface area contributed by atoms with Crippen molar-refractivity contribution in [1.82, 2.24) is 5.32 Å². The summed E-state index contributed by atoms with van der Waals surface area (Å²) >= 11 is 0. The molecule has 0 spiro atoms. The Kier molecular flexibility index (Phi) is 9.71. The maximum Gasteiger partial charge on any atom is 0.219 e. The smallest absolute Gasteiger partial charge is 0.219 e. The average Bonchev–Trinajstić information content (AvgIpc) is 3.27. The van der Waals surface area contributed by atoms with Crippen molar-refractivity contribution in [2.24, 2.45) is 0 Å². The van der Waals surface area contributed by atoms with Gasteiger partial charge in [0.15, 0.2) is 5.71 Å². The van der Waals surface area contributed by atoms with Crippen LogP contribution in [0.2, 0.25) is 0 Å². The lowest BCUT2D eigenvalue weighted by molar-refractivity contribution is -0.401. The third kappa shape index (κ3) is 6.27. The minimum atomic E-state index is -0.0662. The van der Waals surface area contributed by atoms with Crippen molar-refractivity contribution in [3.8, 4) is 0 Å². The third-order valence-electron chi connectivity index (χ3n) is 8.89. The molecule has 0 atom stereocenters.